The number of nitrogens with zero attached hydrogens (tertiary/aromatic N) is 2. The van der Waals surface area contributed by atoms with Gasteiger partial charge in [-0.3, -0.25) is 20.4 Å². The molecule has 1 aromatic heterocycles. The van der Waals surface area contributed by atoms with Crippen molar-refractivity contribution in [3.05, 3.63) is 88.7 Å². The minimum Gasteiger partial charge on any atom is -0.273 e. The first-order chi connectivity index (χ1) is 16.1. The van der Waals surface area contributed by atoms with Crippen LogP contribution in [0.15, 0.2) is 65.8 Å². The van der Waals surface area contributed by atoms with Crippen molar-refractivity contribution in [2.75, 3.05) is 0 Å². The van der Waals surface area contributed by atoms with Crippen LogP contribution >= 0.6 is 11.8 Å². The highest BCUT2D eigenvalue weighted by molar-refractivity contribution is 7.98. The fraction of sp³-hybridized carbons (Fsp3) is 0.250. The number of amides is 2. The number of aromatic nitrogens is 2. The number of aryl methyl sites for hydroxylation is 2. The summed E-state index contributed by atoms with van der Waals surface area (Å²) in [5.74, 6) is -2.95. The lowest BCUT2D eigenvalue weighted by molar-refractivity contribution is -0.157. The van der Waals surface area contributed by atoms with E-state index in [1.165, 1.54) is 36.0 Å². The van der Waals surface area contributed by atoms with Crippen LogP contribution in [0, 0.1) is 13.8 Å². The summed E-state index contributed by atoms with van der Waals surface area (Å²) in [6, 6.07) is 15.7. The van der Waals surface area contributed by atoms with Gasteiger partial charge in [0.1, 0.15) is 0 Å². The van der Waals surface area contributed by atoms with Crippen LogP contribution in [0.5, 0.6) is 0 Å². The second-order valence-corrected chi connectivity index (χ2v) is 8.57. The third-order valence-electron chi connectivity index (χ3n) is 4.85. The maximum Gasteiger partial charge on any atom is 0.396 e. The predicted molar refractivity (Wildman–Crippen MR) is 123 cm³/mol. The lowest BCUT2D eigenvalue weighted by atomic mass is 9.95. The molecule has 6 nitrogen and oxygen atoms in total. The van der Waals surface area contributed by atoms with Crippen molar-refractivity contribution in [3.63, 3.8) is 0 Å². The Morgan fingerprint density at radius 2 is 1.56 bits per heavy atom. The summed E-state index contributed by atoms with van der Waals surface area (Å²) >= 11 is 1.46. The second kappa shape index (κ2) is 11.1. The molecule has 34 heavy (non-hydrogen) atoms. The van der Waals surface area contributed by atoms with Crippen LogP contribution in [0.3, 0.4) is 0 Å². The summed E-state index contributed by atoms with van der Waals surface area (Å²) < 4.78 is 40.2. The van der Waals surface area contributed by atoms with Gasteiger partial charge in [0, 0.05) is 29.1 Å². The minimum atomic E-state index is -4.60. The Morgan fingerprint density at radius 1 is 0.941 bits per heavy atom. The molecule has 0 spiro atoms. The Morgan fingerprint density at radius 3 is 2.15 bits per heavy atom. The maximum absolute atomic E-state index is 13.4. The van der Waals surface area contributed by atoms with Gasteiger partial charge in [0.2, 0.25) is 5.91 Å². The van der Waals surface area contributed by atoms with Crippen molar-refractivity contribution in [1.29, 1.82) is 0 Å². The van der Waals surface area contributed by atoms with Crippen LogP contribution in [0.2, 0.25) is 0 Å². The van der Waals surface area contributed by atoms with Crippen molar-refractivity contribution in [2.45, 2.75) is 43.3 Å². The lowest BCUT2D eigenvalue weighted by Crippen LogP contribution is -2.43. The van der Waals surface area contributed by atoms with Crippen LogP contribution in [-0.2, 0) is 10.5 Å². The third kappa shape index (κ3) is 7.31. The van der Waals surface area contributed by atoms with Crippen LogP contribution in [0.25, 0.3) is 0 Å². The summed E-state index contributed by atoms with van der Waals surface area (Å²) in [5.41, 5.74) is 7.17. The molecule has 0 saturated carbocycles. The molecule has 2 N–H and O–H groups in total. The Bertz CT molecular complexity index is 1120. The van der Waals surface area contributed by atoms with E-state index in [9.17, 15) is 22.8 Å². The molecule has 2 amide bonds. The molecule has 178 valence electrons. The molecule has 0 radical (unpaired) electrons. The van der Waals surface area contributed by atoms with Gasteiger partial charge in [-0.05, 0) is 43.2 Å². The van der Waals surface area contributed by atoms with E-state index in [4.69, 9.17) is 0 Å². The highest BCUT2D eigenvalue weighted by Crippen LogP contribution is 2.37. The zero-order valence-electron chi connectivity index (χ0n) is 18.5. The molecule has 3 rings (SSSR count). The van der Waals surface area contributed by atoms with E-state index in [0.717, 1.165) is 17.0 Å². The number of carbonyl (C=O) groups is 2. The average molecular weight is 489 g/mol. The molecule has 1 unspecified atom stereocenters. The molecule has 0 aliphatic carbocycles. The Kier molecular flexibility index (Phi) is 8.27. The van der Waals surface area contributed by atoms with Gasteiger partial charge >= 0.3 is 6.18 Å². The molecule has 2 aromatic carbocycles. The smallest absolute Gasteiger partial charge is 0.273 e. The largest absolute Gasteiger partial charge is 0.396 e. The summed E-state index contributed by atoms with van der Waals surface area (Å²) in [4.78, 5) is 33.1. The van der Waals surface area contributed by atoms with E-state index in [1.807, 2.05) is 19.9 Å². The maximum atomic E-state index is 13.4. The standard InChI is InChI=1S/C24H23F3N4O2S/c1-15-12-16(2)29-23(28-15)34-14-17-8-10-19(11-9-17)22(33)31-30-21(32)13-20(24(25,26)27)18-6-4-3-5-7-18/h3-12,20H,13-14H2,1-2H3,(H,30,32)(H,31,33). The van der Waals surface area contributed by atoms with Gasteiger partial charge in [-0.15, -0.1) is 0 Å². The molecular formula is C24H23F3N4O2S. The second-order valence-electron chi connectivity index (χ2n) is 7.63. The monoisotopic (exact) mass is 488 g/mol. The first-order valence-corrected chi connectivity index (χ1v) is 11.4. The zero-order valence-corrected chi connectivity index (χ0v) is 19.3. The van der Waals surface area contributed by atoms with Gasteiger partial charge in [-0.1, -0.05) is 54.2 Å². The van der Waals surface area contributed by atoms with Crippen molar-refractivity contribution in [2.24, 2.45) is 0 Å². The Balaban J connectivity index is 1.52. The molecule has 0 aliphatic heterocycles. The van der Waals surface area contributed by atoms with Crippen molar-refractivity contribution in [3.8, 4) is 0 Å². The van der Waals surface area contributed by atoms with E-state index >= 15 is 0 Å². The van der Waals surface area contributed by atoms with Crippen molar-refractivity contribution < 1.29 is 22.8 Å². The molecule has 0 bridgehead atoms. The fourth-order valence-electron chi connectivity index (χ4n) is 3.20. The molecule has 3 aromatic rings. The van der Waals surface area contributed by atoms with E-state index < -0.39 is 30.3 Å². The molecule has 0 saturated heterocycles. The number of halogens is 3. The summed E-state index contributed by atoms with van der Waals surface area (Å²) in [6.45, 7) is 3.80. The summed E-state index contributed by atoms with van der Waals surface area (Å²) in [5, 5.41) is 0.662. The van der Waals surface area contributed by atoms with Crippen molar-refractivity contribution >= 4 is 23.6 Å². The number of hydrogen-bond donors (Lipinski definition) is 2. The first kappa shape index (κ1) is 25.2. The fourth-order valence-corrected chi connectivity index (χ4v) is 4.11. The quantitative estimate of drug-likeness (QED) is 0.281. The number of carbonyl (C=O) groups excluding carboxylic acids is 2. The van der Waals surface area contributed by atoms with Crippen LogP contribution in [0.1, 0.15) is 45.2 Å². The normalized spacial score (nSPS) is 12.1. The van der Waals surface area contributed by atoms with Gasteiger partial charge < -0.3 is 0 Å². The van der Waals surface area contributed by atoms with Gasteiger partial charge in [-0.25, -0.2) is 9.97 Å². The average Bonchev–Trinajstić information content (AvgIpc) is 2.79. The van der Waals surface area contributed by atoms with E-state index in [-0.39, 0.29) is 11.1 Å². The van der Waals surface area contributed by atoms with Crippen LogP contribution in [0.4, 0.5) is 13.2 Å². The number of nitrogens with one attached hydrogen (secondary N) is 2. The SMILES string of the molecule is Cc1cc(C)nc(SCc2ccc(C(=O)NNC(=O)CC(c3ccccc3)C(F)(F)F)cc2)n1. The molecule has 10 heteroatoms. The molecule has 0 aliphatic rings. The Hall–Kier alpha value is -3.40. The molecular weight excluding hydrogens is 465 g/mol. The lowest BCUT2D eigenvalue weighted by Gasteiger charge is -2.20. The van der Waals surface area contributed by atoms with E-state index in [0.29, 0.717) is 10.9 Å². The zero-order chi connectivity index (χ0) is 24.7. The van der Waals surface area contributed by atoms with Gasteiger partial charge in [0.25, 0.3) is 5.91 Å². The van der Waals surface area contributed by atoms with Crippen LogP contribution < -0.4 is 10.9 Å². The number of rotatable bonds is 7. The molecule has 1 atom stereocenters. The number of hydrogen-bond acceptors (Lipinski definition) is 5. The van der Waals surface area contributed by atoms with Crippen LogP contribution in [-0.4, -0.2) is 28.0 Å². The highest BCUT2D eigenvalue weighted by Gasteiger charge is 2.41. The van der Waals surface area contributed by atoms with Gasteiger partial charge in [0.05, 0.1) is 5.92 Å². The van der Waals surface area contributed by atoms with E-state index in [2.05, 4.69) is 20.8 Å². The Labute approximate surface area is 199 Å². The minimum absolute atomic E-state index is 0.0174. The number of hydrazine groups is 1. The van der Waals surface area contributed by atoms with Gasteiger partial charge in [-0.2, -0.15) is 13.2 Å². The first-order valence-electron chi connectivity index (χ1n) is 10.4. The number of thioether (sulfide) groups is 1. The van der Waals surface area contributed by atoms with Gasteiger partial charge in [0.15, 0.2) is 5.16 Å². The van der Waals surface area contributed by atoms with Crippen molar-refractivity contribution in [1.82, 2.24) is 20.8 Å². The van der Waals surface area contributed by atoms with E-state index in [1.54, 1.807) is 30.3 Å². The number of alkyl halides is 3. The molecule has 0 fully saturated rings. The summed E-state index contributed by atoms with van der Waals surface area (Å²) in [7, 11) is 0. The third-order valence-corrected chi connectivity index (χ3v) is 5.77. The molecule has 1 heterocycles. The highest BCUT2D eigenvalue weighted by atomic mass is 32.2. The predicted octanol–water partition coefficient (Wildman–Crippen LogP) is 4.88. The number of benzene rings is 2. The summed E-state index contributed by atoms with van der Waals surface area (Å²) in [6.07, 6.45) is -5.44. The topological polar surface area (TPSA) is 84.0 Å².